The normalized spacial score (nSPS) is 11.7. The molecule has 0 heterocycles. The van der Waals surface area contributed by atoms with Crippen molar-refractivity contribution in [1.82, 2.24) is 0 Å². The number of Topliss-reactive ketones (excluding diaryl/α,β-unsaturated/α-hetero) is 1. The zero-order valence-corrected chi connectivity index (χ0v) is 20.4. The van der Waals surface area contributed by atoms with E-state index < -0.39 is 17.7 Å². The molecule has 9 nitrogen and oxygen atoms in total. The minimum absolute atomic E-state index is 0.176. The van der Waals surface area contributed by atoms with Gasteiger partial charge in [-0.15, -0.1) is 0 Å². The number of methoxy groups -OCH3 is 2. The van der Waals surface area contributed by atoms with Gasteiger partial charge in [0, 0.05) is 23.9 Å². The van der Waals surface area contributed by atoms with Crippen molar-refractivity contribution in [2.45, 2.75) is 26.8 Å². The molecule has 0 aliphatic carbocycles. The molecule has 178 valence electrons. The van der Waals surface area contributed by atoms with Crippen molar-refractivity contribution in [2.75, 3.05) is 31.9 Å². The molecule has 0 aromatic heterocycles. The third kappa shape index (κ3) is 6.27. The zero-order valence-electron chi connectivity index (χ0n) is 18.9. The van der Waals surface area contributed by atoms with E-state index in [0.29, 0.717) is 24.7 Å². The molecular formula is C22H25Cl2N3O6. The average molecular weight is 498 g/mol. The standard InChI is InChI=1S/C22H25Cl2N3O6/c1-6-32-18-10-8-9-17(21(18)33-7-2)27(24)22(29)19(13(3)28)26-25-16-12-14(30-4)11-15(23)20(16)31-5/h8-12,19H,6-7H2,1-5H3. The Labute approximate surface area is 202 Å². The second-order valence-electron chi connectivity index (χ2n) is 6.48. The summed E-state index contributed by atoms with van der Waals surface area (Å²) in [5.41, 5.74) is 0.383. The monoisotopic (exact) mass is 497 g/mol. The number of ether oxygens (including phenoxy) is 4. The van der Waals surface area contributed by atoms with E-state index in [0.717, 1.165) is 4.42 Å². The highest BCUT2D eigenvalue weighted by atomic mass is 35.5. The predicted octanol–water partition coefficient (Wildman–Crippen LogP) is 5.38. The van der Waals surface area contributed by atoms with Gasteiger partial charge in [0.1, 0.15) is 17.1 Å². The Morgan fingerprint density at radius 2 is 1.76 bits per heavy atom. The fourth-order valence-electron chi connectivity index (χ4n) is 2.82. The summed E-state index contributed by atoms with van der Waals surface area (Å²) in [5.74, 6) is -0.107. The number of anilines is 1. The van der Waals surface area contributed by atoms with E-state index in [2.05, 4.69) is 10.2 Å². The van der Waals surface area contributed by atoms with Crippen molar-refractivity contribution in [2.24, 2.45) is 10.2 Å². The van der Waals surface area contributed by atoms with Crippen molar-refractivity contribution in [1.29, 1.82) is 0 Å². The molecule has 33 heavy (non-hydrogen) atoms. The van der Waals surface area contributed by atoms with E-state index in [1.165, 1.54) is 33.3 Å². The van der Waals surface area contributed by atoms with Gasteiger partial charge in [0.2, 0.25) is 6.04 Å². The number of amides is 1. The molecule has 0 fully saturated rings. The first-order chi connectivity index (χ1) is 15.8. The number of carbonyl (C=O) groups excluding carboxylic acids is 2. The molecule has 0 saturated heterocycles. The van der Waals surface area contributed by atoms with Crippen LogP contribution < -0.4 is 23.4 Å². The highest BCUT2D eigenvalue weighted by molar-refractivity contribution is 6.39. The first-order valence-electron chi connectivity index (χ1n) is 10.00. The number of nitrogens with zero attached hydrogens (tertiary/aromatic N) is 3. The van der Waals surface area contributed by atoms with Crippen molar-refractivity contribution < 1.29 is 28.5 Å². The van der Waals surface area contributed by atoms with Crippen LogP contribution in [0.2, 0.25) is 5.02 Å². The summed E-state index contributed by atoms with van der Waals surface area (Å²) in [5, 5.41) is 8.18. The minimum atomic E-state index is -1.53. The predicted molar refractivity (Wildman–Crippen MR) is 126 cm³/mol. The Bertz CT molecular complexity index is 1030. The number of carbonyl (C=O) groups is 2. The molecule has 2 rings (SSSR count). The van der Waals surface area contributed by atoms with E-state index in [1.54, 1.807) is 25.1 Å². The average Bonchev–Trinajstić information content (AvgIpc) is 2.79. The van der Waals surface area contributed by atoms with Gasteiger partial charge in [-0.25, -0.2) is 4.42 Å². The number of para-hydroxylation sites is 1. The van der Waals surface area contributed by atoms with Gasteiger partial charge in [-0.2, -0.15) is 10.2 Å². The van der Waals surface area contributed by atoms with Crippen LogP contribution in [0, 0.1) is 0 Å². The van der Waals surface area contributed by atoms with Gasteiger partial charge in [-0.1, -0.05) is 17.7 Å². The summed E-state index contributed by atoms with van der Waals surface area (Å²) < 4.78 is 22.4. The smallest absolute Gasteiger partial charge is 0.276 e. The van der Waals surface area contributed by atoms with Crippen molar-refractivity contribution in [3.63, 3.8) is 0 Å². The molecule has 1 unspecified atom stereocenters. The highest BCUT2D eigenvalue weighted by Gasteiger charge is 2.31. The van der Waals surface area contributed by atoms with Crippen LogP contribution in [0.15, 0.2) is 40.6 Å². The molecule has 0 aliphatic heterocycles. The summed E-state index contributed by atoms with van der Waals surface area (Å²) in [6.07, 6.45) is 0. The van der Waals surface area contributed by atoms with Gasteiger partial charge < -0.3 is 18.9 Å². The van der Waals surface area contributed by atoms with Crippen LogP contribution >= 0.6 is 23.4 Å². The Kier molecular flexibility index (Phi) is 9.74. The van der Waals surface area contributed by atoms with E-state index in [4.69, 9.17) is 42.3 Å². The van der Waals surface area contributed by atoms with Crippen molar-refractivity contribution >= 4 is 46.4 Å². The van der Waals surface area contributed by atoms with Gasteiger partial charge >= 0.3 is 0 Å². The molecule has 0 bridgehead atoms. The summed E-state index contributed by atoms with van der Waals surface area (Å²) in [7, 11) is 2.86. The molecule has 1 amide bonds. The first-order valence-corrected chi connectivity index (χ1v) is 10.7. The Hall–Kier alpha value is -3.04. The third-order valence-corrected chi connectivity index (χ3v) is 4.92. The molecule has 0 saturated carbocycles. The van der Waals surface area contributed by atoms with Crippen LogP contribution in [0.25, 0.3) is 0 Å². The lowest BCUT2D eigenvalue weighted by atomic mass is 10.2. The molecule has 11 heteroatoms. The quantitative estimate of drug-likeness (QED) is 0.234. The lowest BCUT2D eigenvalue weighted by molar-refractivity contribution is -0.126. The molecule has 0 N–H and O–H groups in total. The maximum atomic E-state index is 13.1. The largest absolute Gasteiger partial charge is 0.497 e. The maximum absolute atomic E-state index is 13.1. The second kappa shape index (κ2) is 12.3. The van der Waals surface area contributed by atoms with Gasteiger partial charge in [0.05, 0.1) is 32.5 Å². The van der Waals surface area contributed by atoms with Crippen LogP contribution in [0.1, 0.15) is 20.8 Å². The van der Waals surface area contributed by atoms with Crippen LogP contribution in [0.4, 0.5) is 11.4 Å². The van der Waals surface area contributed by atoms with Gasteiger partial charge in [0.15, 0.2) is 23.0 Å². The maximum Gasteiger partial charge on any atom is 0.276 e. The number of azo groups is 1. The Morgan fingerprint density at radius 1 is 1.06 bits per heavy atom. The number of hydrogen-bond donors (Lipinski definition) is 0. The molecule has 0 aliphatic rings. The lowest BCUT2D eigenvalue weighted by Crippen LogP contribution is -2.36. The number of ketones is 1. The summed E-state index contributed by atoms with van der Waals surface area (Å²) in [6, 6.07) is 6.42. The molecule has 1 atom stereocenters. The summed E-state index contributed by atoms with van der Waals surface area (Å²) in [6.45, 7) is 5.50. The molecule has 2 aromatic carbocycles. The molecule has 2 aromatic rings. The molecule has 0 spiro atoms. The minimum Gasteiger partial charge on any atom is -0.497 e. The van der Waals surface area contributed by atoms with Gasteiger partial charge in [0.25, 0.3) is 5.91 Å². The van der Waals surface area contributed by atoms with Gasteiger partial charge in [-0.05, 0) is 32.9 Å². The van der Waals surface area contributed by atoms with Crippen LogP contribution in [-0.2, 0) is 9.59 Å². The zero-order chi connectivity index (χ0) is 24.5. The molecule has 0 radical (unpaired) electrons. The van der Waals surface area contributed by atoms with Crippen molar-refractivity contribution in [3.8, 4) is 23.0 Å². The number of benzene rings is 2. The third-order valence-electron chi connectivity index (χ3n) is 4.29. The Morgan fingerprint density at radius 3 is 2.33 bits per heavy atom. The lowest BCUT2D eigenvalue weighted by Gasteiger charge is -2.21. The van der Waals surface area contributed by atoms with E-state index in [1.807, 2.05) is 6.92 Å². The van der Waals surface area contributed by atoms with Crippen molar-refractivity contribution in [3.05, 3.63) is 35.4 Å². The van der Waals surface area contributed by atoms with Gasteiger partial charge in [-0.3, -0.25) is 9.59 Å². The van der Waals surface area contributed by atoms with E-state index >= 15 is 0 Å². The highest BCUT2D eigenvalue weighted by Crippen LogP contribution is 2.40. The fraction of sp³-hybridized carbons (Fsp3) is 0.364. The topological polar surface area (TPSA) is 99.0 Å². The summed E-state index contributed by atoms with van der Waals surface area (Å²) >= 11 is 12.5. The fourth-order valence-corrected chi connectivity index (χ4v) is 3.32. The summed E-state index contributed by atoms with van der Waals surface area (Å²) in [4.78, 5) is 25.4. The number of rotatable bonds is 11. The number of halogens is 2. The van der Waals surface area contributed by atoms with Crippen LogP contribution in [-0.4, -0.2) is 45.2 Å². The van der Waals surface area contributed by atoms with Crippen LogP contribution in [0.3, 0.4) is 0 Å². The first kappa shape index (κ1) is 26.2. The second-order valence-corrected chi connectivity index (χ2v) is 7.23. The SMILES string of the molecule is CCOc1cccc(N(Cl)C(=O)C(N=Nc2cc(OC)cc(Cl)c2OC)C(C)=O)c1OCC. The molecular weight excluding hydrogens is 473 g/mol. The number of hydrogen-bond acceptors (Lipinski definition) is 8. The van der Waals surface area contributed by atoms with Crippen LogP contribution in [0.5, 0.6) is 23.0 Å². The van der Waals surface area contributed by atoms with E-state index in [-0.39, 0.29) is 27.9 Å². The van der Waals surface area contributed by atoms with E-state index in [9.17, 15) is 9.59 Å². The Balaban J connectivity index is 2.44.